The first kappa shape index (κ1) is 29.3. The number of benzene rings is 2. The summed E-state index contributed by atoms with van der Waals surface area (Å²) in [5, 5.41) is 3.20. The van der Waals surface area contributed by atoms with E-state index in [9.17, 15) is 21.2 Å². The maximum atomic E-state index is 13.0. The molecule has 1 fully saturated rings. The zero-order valence-electron chi connectivity index (χ0n) is 20.0. The van der Waals surface area contributed by atoms with Crippen LogP contribution < -0.4 is 10.1 Å². The van der Waals surface area contributed by atoms with Crippen molar-refractivity contribution in [1.82, 2.24) is 10.3 Å². The van der Waals surface area contributed by atoms with Crippen LogP contribution in [0.2, 0.25) is 0 Å². The van der Waals surface area contributed by atoms with Crippen molar-refractivity contribution in [3.05, 3.63) is 83.4 Å². The Morgan fingerprint density at radius 2 is 1.36 bits per heavy atom. The molecule has 2 heterocycles. The van der Waals surface area contributed by atoms with Gasteiger partial charge in [0, 0.05) is 12.1 Å². The van der Waals surface area contributed by atoms with E-state index in [4.69, 9.17) is 13.8 Å². The summed E-state index contributed by atoms with van der Waals surface area (Å²) in [5.41, 5.74) is 2.31. The maximum Gasteiger partial charge on any atom is 0.294 e. The molecule has 0 bridgehead atoms. The van der Waals surface area contributed by atoms with E-state index in [1.165, 1.54) is 30.3 Å². The van der Waals surface area contributed by atoms with Crippen molar-refractivity contribution >= 4 is 20.2 Å². The molecule has 0 amide bonds. The Hall–Kier alpha value is -2.90. The van der Waals surface area contributed by atoms with Gasteiger partial charge in [-0.05, 0) is 58.0 Å². The number of hydrogen-bond donors (Lipinski definition) is 3. The van der Waals surface area contributed by atoms with E-state index in [0.29, 0.717) is 24.1 Å². The van der Waals surface area contributed by atoms with Gasteiger partial charge in [0.2, 0.25) is 0 Å². The molecule has 2 aromatic carbocycles. The number of aryl methyl sites for hydroxylation is 3. The van der Waals surface area contributed by atoms with E-state index < -0.39 is 20.2 Å². The van der Waals surface area contributed by atoms with Gasteiger partial charge in [-0.1, -0.05) is 35.4 Å². The van der Waals surface area contributed by atoms with Crippen molar-refractivity contribution in [2.75, 3.05) is 13.2 Å². The minimum absolute atomic E-state index is 0.0666. The lowest BCUT2D eigenvalue weighted by Gasteiger charge is -2.27. The van der Waals surface area contributed by atoms with E-state index in [-0.39, 0.29) is 15.6 Å². The van der Waals surface area contributed by atoms with Gasteiger partial charge >= 0.3 is 0 Å². The van der Waals surface area contributed by atoms with Crippen molar-refractivity contribution in [1.29, 1.82) is 0 Å². The van der Waals surface area contributed by atoms with Crippen LogP contribution in [0.4, 0.5) is 4.39 Å². The predicted molar refractivity (Wildman–Crippen MR) is 133 cm³/mol. The second-order valence-corrected chi connectivity index (χ2v) is 10.9. The lowest BCUT2D eigenvalue weighted by Crippen LogP contribution is -2.46. The maximum absolute atomic E-state index is 13.0. The van der Waals surface area contributed by atoms with Crippen LogP contribution in [0.15, 0.2) is 70.6 Å². The highest BCUT2D eigenvalue weighted by molar-refractivity contribution is 7.86. The molecule has 0 aliphatic carbocycles. The van der Waals surface area contributed by atoms with Crippen LogP contribution in [-0.2, 0) is 20.2 Å². The molecule has 0 radical (unpaired) electrons. The molecule has 3 N–H and O–H groups in total. The molecule has 0 unspecified atom stereocenters. The van der Waals surface area contributed by atoms with E-state index in [2.05, 4.69) is 10.3 Å². The van der Waals surface area contributed by atoms with Crippen LogP contribution in [-0.4, -0.2) is 50.1 Å². The fourth-order valence-corrected chi connectivity index (χ4v) is 3.64. The largest absolute Gasteiger partial charge is 0.490 e. The normalized spacial score (nSPS) is 14.9. The van der Waals surface area contributed by atoms with E-state index in [1.807, 2.05) is 13.8 Å². The van der Waals surface area contributed by atoms with Crippen molar-refractivity contribution in [2.24, 2.45) is 0 Å². The number of halogens is 1. The number of rotatable bonds is 5. The molecule has 1 saturated heterocycles. The Labute approximate surface area is 210 Å². The summed E-state index contributed by atoms with van der Waals surface area (Å²) in [7, 11) is -8.04. The Morgan fingerprint density at radius 3 is 1.69 bits per heavy atom. The average Bonchev–Trinajstić information content (AvgIpc) is 2.75. The van der Waals surface area contributed by atoms with E-state index >= 15 is 0 Å². The summed E-state index contributed by atoms with van der Waals surface area (Å²) in [6, 6.07) is 13.8. The monoisotopic (exact) mass is 540 g/mol. The second-order valence-electron chi connectivity index (χ2n) is 8.07. The smallest absolute Gasteiger partial charge is 0.294 e. The van der Waals surface area contributed by atoms with Crippen molar-refractivity contribution in [2.45, 2.75) is 43.0 Å². The predicted octanol–water partition coefficient (Wildman–Crippen LogP) is 3.75. The van der Waals surface area contributed by atoms with Gasteiger partial charge in [-0.3, -0.25) is 14.1 Å². The molecule has 12 heteroatoms. The molecule has 3 aromatic rings. The van der Waals surface area contributed by atoms with E-state index in [0.717, 1.165) is 24.1 Å². The number of nitrogens with one attached hydrogen (secondary N) is 1. The first-order valence-electron chi connectivity index (χ1n) is 10.8. The third kappa shape index (κ3) is 9.99. The van der Waals surface area contributed by atoms with Crippen LogP contribution in [0.3, 0.4) is 0 Å². The van der Waals surface area contributed by atoms with Crippen LogP contribution >= 0.6 is 0 Å². The minimum Gasteiger partial charge on any atom is -0.490 e. The first-order valence-corrected chi connectivity index (χ1v) is 13.7. The number of pyridine rings is 1. The highest BCUT2D eigenvalue weighted by Crippen LogP contribution is 2.14. The molecular formula is C24H29FN2O7S2. The van der Waals surface area contributed by atoms with Crippen molar-refractivity contribution in [3.63, 3.8) is 0 Å². The van der Waals surface area contributed by atoms with Gasteiger partial charge in [0.25, 0.3) is 20.2 Å². The second kappa shape index (κ2) is 12.9. The molecule has 1 atom stereocenters. The SMILES string of the molecule is Cc1ccc(S(=O)(=O)O)cc1.Cc1ccc(S(=O)(=O)O)cc1.Cc1ncc(OC[C@@H]2CCN2)cc1F. The van der Waals surface area contributed by atoms with Crippen molar-refractivity contribution < 1.29 is 35.1 Å². The molecule has 0 spiro atoms. The number of hydrogen-bond acceptors (Lipinski definition) is 7. The minimum atomic E-state index is -4.02. The summed E-state index contributed by atoms with van der Waals surface area (Å²) in [5.74, 6) is 0.186. The van der Waals surface area contributed by atoms with Gasteiger partial charge < -0.3 is 10.1 Å². The van der Waals surface area contributed by atoms with Gasteiger partial charge in [-0.2, -0.15) is 16.8 Å². The van der Waals surface area contributed by atoms with Gasteiger partial charge in [0.05, 0.1) is 21.7 Å². The van der Waals surface area contributed by atoms with Gasteiger partial charge in [-0.15, -0.1) is 0 Å². The zero-order valence-corrected chi connectivity index (χ0v) is 21.7. The molecule has 1 aliphatic heterocycles. The fraction of sp³-hybridized carbons (Fsp3) is 0.292. The third-order valence-electron chi connectivity index (χ3n) is 5.01. The van der Waals surface area contributed by atoms with Gasteiger partial charge in [-0.25, -0.2) is 4.39 Å². The molecule has 4 rings (SSSR count). The Balaban J connectivity index is 0.000000193. The topological polar surface area (TPSA) is 143 Å². The summed E-state index contributed by atoms with van der Waals surface area (Å²) in [6.07, 6.45) is 2.68. The van der Waals surface area contributed by atoms with Crippen LogP contribution in [0.5, 0.6) is 5.75 Å². The molecule has 9 nitrogen and oxygen atoms in total. The molecular weight excluding hydrogens is 511 g/mol. The van der Waals surface area contributed by atoms with Crippen LogP contribution in [0.1, 0.15) is 23.2 Å². The number of ether oxygens (including phenoxy) is 1. The van der Waals surface area contributed by atoms with Crippen molar-refractivity contribution in [3.8, 4) is 5.75 Å². The molecule has 1 aliphatic rings. The molecule has 36 heavy (non-hydrogen) atoms. The lowest BCUT2D eigenvalue weighted by molar-refractivity contribution is 0.216. The Bertz CT molecular complexity index is 1270. The molecule has 196 valence electrons. The van der Waals surface area contributed by atoms with Gasteiger partial charge in [0.15, 0.2) is 0 Å². The highest BCUT2D eigenvalue weighted by Gasteiger charge is 2.16. The third-order valence-corrected chi connectivity index (χ3v) is 6.75. The summed E-state index contributed by atoms with van der Waals surface area (Å²) < 4.78 is 77.5. The molecule has 0 saturated carbocycles. The molecule has 1 aromatic heterocycles. The van der Waals surface area contributed by atoms with Gasteiger partial charge in [0.1, 0.15) is 18.2 Å². The average molecular weight is 541 g/mol. The quantitative estimate of drug-likeness (QED) is 0.412. The zero-order chi connectivity index (χ0) is 26.9. The lowest BCUT2D eigenvalue weighted by atomic mass is 10.1. The Morgan fingerprint density at radius 1 is 0.917 bits per heavy atom. The number of aromatic nitrogens is 1. The fourth-order valence-electron chi connectivity index (χ4n) is 2.68. The summed E-state index contributed by atoms with van der Waals surface area (Å²) in [6.45, 7) is 6.95. The van der Waals surface area contributed by atoms with Crippen LogP contribution in [0.25, 0.3) is 0 Å². The van der Waals surface area contributed by atoms with E-state index in [1.54, 1.807) is 37.4 Å². The standard InChI is InChI=1S/C10H13FN2O.2C7H8O3S/c1-7-10(11)4-9(5-13-7)14-6-8-2-3-12-8;2*1-6-2-4-7(5-3-6)11(8,9)10/h4-5,8,12H,2-3,6H2,1H3;2*2-5H,1H3,(H,8,9,10)/t8-;;/m0../s1. The highest BCUT2D eigenvalue weighted by atomic mass is 32.2. The number of nitrogens with zero attached hydrogens (tertiary/aromatic N) is 1. The van der Waals surface area contributed by atoms with Crippen LogP contribution in [0, 0.1) is 26.6 Å². The summed E-state index contributed by atoms with van der Waals surface area (Å²) >= 11 is 0. The summed E-state index contributed by atoms with van der Waals surface area (Å²) in [4.78, 5) is 3.75. The first-order chi connectivity index (χ1) is 16.8. The Kier molecular flexibility index (Phi) is 10.5.